The molecule has 0 radical (unpaired) electrons. The number of benzene rings is 2. The summed E-state index contributed by atoms with van der Waals surface area (Å²) in [5.74, 6) is 2.12. The van der Waals surface area contributed by atoms with Gasteiger partial charge in [0.05, 0.1) is 54.1 Å². The number of nitrogens with zero attached hydrogens (tertiary/aromatic N) is 1. The Labute approximate surface area is 168 Å². The first-order chi connectivity index (χ1) is 13.7. The molecule has 1 saturated heterocycles. The van der Waals surface area contributed by atoms with Crippen molar-refractivity contribution in [3.63, 3.8) is 0 Å². The highest BCUT2D eigenvalue weighted by atomic mass is 16.5. The van der Waals surface area contributed by atoms with Crippen LogP contribution in [0.25, 0.3) is 0 Å². The molecule has 0 spiro atoms. The van der Waals surface area contributed by atoms with Gasteiger partial charge in [-0.05, 0) is 42.7 Å². The summed E-state index contributed by atoms with van der Waals surface area (Å²) in [6.07, 6.45) is 2.17. The minimum atomic E-state index is 0.659. The number of aryl methyl sites for hydroxylation is 2. The van der Waals surface area contributed by atoms with Crippen molar-refractivity contribution in [1.29, 1.82) is 0 Å². The number of quaternary nitrogens is 1. The molecule has 0 atom stereocenters. The maximum atomic E-state index is 5.46. The Bertz CT molecular complexity index is 745. The van der Waals surface area contributed by atoms with Gasteiger partial charge < -0.3 is 24.0 Å². The Morgan fingerprint density at radius 2 is 1.57 bits per heavy atom. The number of ether oxygens (including phenoxy) is 3. The zero-order valence-corrected chi connectivity index (χ0v) is 17.6. The molecule has 2 aromatic carbocycles. The zero-order chi connectivity index (χ0) is 19.9. The summed E-state index contributed by atoms with van der Waals surface area (Å²) in [6, 6.07) is 12.8. The summed E-state index contributed by atoms with van der Waals surface area (Å²) >= 11 is 0. The lowest BCUT2D eigenvalue weighted by atomic mass is 10.1. The number of anilines is 1. The molecule has 1 N–H and O–H groups in total. The summed E-state index contributed by atoms with van der Waals surface area (Å²) < 4.78 is 16.3. The van der Waals surface area contributed by atoms with Crippen molar-refractivity contribution >= 4 is 5.69 Å². The highest BCUT2D eigenvalue weighted by molar-refractivity contribution is 5.54. The monoisotopic (exact) mass is 385 g/mol. The van der Waals surface area contributed by atoms with Gasteiger partial charge in [0.1, 0.15) is 0 Å². The van der Waals surface area contributed by atoms with E-state index in [1.54, 1.807) is 26.2 Å². The molecule has 2 aromatic rings. The fraction of sp³-hybridized carbons (Fsp3) is 0.478. The van der Waals surface area contributed by atoms with Crippen molar-refractivity contribution in [2.75, 3.05) is 59.0 Å². The number of para-hydroxylation sites is 1. The van der Waals surface area contributed by atoms with Gasteiger partial charge in [0.25, 0.3) is 0 Å². The summed E-state index contributed by atoms with van der Waals surface area (Å²) in [5.41, 5.74) is 3.99. The van der Waals surface area contributed by atoms with E-state index < -0.39 is 0 Å². The van der Waals surface area contributed by atoms with Gasteiger partial charge in [-0.3, -0.25) is 0 Å². The van der Waals surface area contributed by atoms with Gasteiger partial charge in [-0.25, -0.2) is 0 Å². The quantitative estimate of drug-likeness (QED) is 0.757. The SMILES string of the molecule is COc1cc(CCC[NH+]2CCN(c3ccccc3C)CC2)cc(OC)c1OC. The van der Waals surface area contributed by atoms with Gasteiger partial charge in [0.2, 0.25) is 5.75 Å². The molecule has 0 saturated carbocycles. The molecule has 152 valence electrons. The van der Waals surface area contributed by atoms with Gasteiger partial charge in [0.15, 0.2) is 11.5 Å². The summed E-state index contributed by atoms with van der Waals surface area (Å²) in [6.45, 7) is 8.05. The second-order valence-corrected chi connectivity index (χ2v) is 7.41. The number of methoxy groups -OCH3 is 3. The molecule has 0 aliphatic carbocycles. The van der Waals surface area contributed by atoms with Crippen LogP contribution in [0.3, 0.4) is 0 Å². The highest BCUT2D eigenvalue weighted by Gasteiger charge is 2.21. The molecule has 3 rings (SSSR count). The van der Waals surface area contributed by atoms with Crippen LogP contribution in [0, 0.1) is 6.92 Å². The standard InChI is InChI=1S/C23H32N2O3/c1-18-8-5-6-10-20(18)25-14-12-24(13-15-25)11-7-9-19-16-21(26-2)23(28-4)22(17-19)27-3/h5-6,8,10,16-17H,7,9,11-15H2,1-4H3/p+1. The van der Waals surface area contributed by atoms with Gasteiger partial charge >= 0.3 is 0 Å². The Morgan fingerprint density at radius 3 is 2.14 bits per heavy atom. The minimum Gasteiger partial charge on any atom is -0.493 e. The van der Waals surface area contributed by atoms with Crippen LogP contribution in [0.2, 0.25) is 0 Å². The fourth-order valence-electron chi connectivity index (χ4n) is 4.05. The van der Waals surface area contributed by atoms with E-state index in [0.29, 0.717) is 5.75 Å². The predicted octanol–water partition coefficient (Wildman–Crippen LogP) is 2.36. The Hall–Kier alpha value is -2.40. The maximum Gasteiger partial charge on any atom is 0.203 e. The highest BCUT2D eigenvalue weighted by Crippen LogP contribution is 2.38. The number of nitrogens with one attached hydrogen (secondary N) is 1. The molecule has 1 aliphatic rings. The molecule has 0 bridgehead atoms. The molecule has 1 heterocycles. The Kier molecular flexibility index (Phi) is 7.04. The van der Waals surface area contributed by atoms with E-state index in [2.05, 4.69) is 48.2 Å². The second-order valence-electron chi connectivity index (χ2n) is 7.41. The largest absolute Gasteiger partial charge is 0.493 e. The van der Waals surface area contributed by atoms with Gasteiger partial charge in [-0.2, -0.15) is 0 Å². The third-order valence-corrected chi connectivity index (χ3v) is 5.65. The van der Waals surface area contributed by atoms with Crippen molar-refractivity contribution in [3.8, 4) is 17.2 Å². The van der Waals surface area contributed by atoms with E-state index in [1.807, 2.05) is 0 Å². The van der Waals surface area contributed by atoms with E-state index in [4.69, 9.17) is 14.2 Å². The lowest BCUT2D eigenvalue weighted by Gasteiger charge is -2.34. The van der Waals surface area contributed by atoms with Crippen LogP contribution in [0.1, 0.15) is 17.5 Å². The average Bonchev–Trinajstić information content (AvgIpc) is 2.74. The van der Waals surface area contributed by atoms with Crippen molar-refractivity contribution < 1.29 is 19.1 Å². The van der Waals surface area contributed by atoms with Crippen LogP contribution in [-0.2, 0) is 6.42 Å². The zero-order valence-electron chi connectivity index (χ0n) is 17.6. The van der Waals surface area contributed by atoms with Crippen LogP contribution in [-0.4, -0.2) is 54.1 Å². The fourth-order valence-corrected chi connectivity index (χ4v) is 4.05. The Morgan fingerprint density at radius 1 is 0.929 bits per heavy atom. The third kappa shape index (κ3) is 4.71. The first-order valence-electron chi connectivity index (χ1n) is 10.1. The van der Waals surface area contributed by atoms with Crippen LogP contribution in [0.5, 0.6) is 17.2 Å². The molecule has 5 nitrogen and oxygen atoms in total. The van der Waals surface area contributed by atoms with Crippen LogP contribution in [0.4, 0.5) is 5.69 Å². The maximum absolute atomic E-state index is 5.46. The first-order valence-corrected chi connectivity index (χ1v) is 10.1. The normalized spacial score (nSPS) is 14.8. The number of piperazine rings is 1. The van der Waals surface area contributed by atoms with E-state index in [0.717, 1.165) is 37.4 Å². The van der Waals surface area contributed by atoms with Crippen molar-refractivity contribution in [2.24, 2.45) is 0 Å². The summed E-state index contributed by atoms with van der Waals surface area (Å²) in [4.78, 5) is 4.22. The van der Waals surface area contributed by atoms with Gasteiger partial charge in [0, 0.05) is 12.1 Å². The van der Waals surface area contributed by atoms with Crippen molar-refractivity contribution in [2.45, 2.75) is 19.8 Å². The van der Waals surface area contributed by atoms with Crippen LogP contribution >= 0.6 is 0 Å². The van der Waals surface area contributed by atoms with E-state index in [1.165, 1.54) is 36.4 Å². The number of hydrogen-bond donors (Lipinski definition) is 1. The lowest BCUT2D eigenvalue weighted by Crippen LogP contribution is -3.14. The van der Waals surface area contributed by atoms with E-state index >= 15 is 0 Å². The molecule has 5 heteroatoms. The summed E-state index contributed by atoms with van der Waals surface area (Å²) in [7, 11) is 4.97. The molecule has 1 aliphatic heterocycles. The molecule has 1 fully saturated rings. The lowest BCUT2D eigenvalue weighted by molar-refractivity contribution is -0.900. The van der Waals surface area contributed by atoms with E-state index in [9.17, 15) is 0 Å². The van der Waals surface area contributed by atoms with Crippen LogP contribution < -0.4 is 24.0 Å². The van der Waals surface area contributed by atoms with Crippen LogP contribution in [0.15, 0.2) is 36.4 Å². The number of rotatable bonds is 8. The molecule has 0 amide bonds. The minimum absolute atomic E-state index is 0.659. The van der Waals surface area contributed by atoms with Crippen molar-refractivity contribution in [1.82, 2.24) is 0 Å². The van der Waals surface area contributed by atoms with Crippen molar-refractivity contribution in [3.05, 3.63) is 47.5 Å². The second kappa shape index (κ2) is 9.69. The molecule has 0 unspecified atom stereocenters. The Balaban J connectivity index is 1.51. The summed E-state index contributed by atoms with van der Waals surface area (Å²) in [5, 5.41) is 0. The molecule has 0 aromatic heterocycles. The predicted molar refractivity (Wildman–Crippen MR) is 113 cm³/mol. The van der Waals surface area contributed by atoms with Gasteiger partial charge in [-0.15, -0.1) is 0 Å². The molecule has 28 heavy (non-hydrogen) atoms. The average molecular weight is 386 g/mol. The third-order valence-electron chi connectivity index (χ3n) is 5.65. The number of hydrogen-bond acceptors (Lipinski definition) is 4. The molecular weight excluding hydrogens is 352 g/mol. The molecular formula is C23H33N2O3+. The van der Waals surface area contributed by atoms with Gasteiger partial charge in [-0.1, -0.05) is 18.2 Å². The first kappa shape index (κ1) is 20.3. The smallest absolute Gasteiger partial charge is 0.203 e. The van der Waals surface area contributed by atoms with E-state index in [-0.39, 0.29) is 0 Å². The topological polar surface area (TPSA) is 35.4 Å².